The Labute approximate surface area is 478 Å². The number of primary amides is 1. The van der Waals surface area contributed by atoms with Gasteiger partial charge in [-0.1, -0.05) is 70.1 Å². The van der Waals surface area contributed by atoms with Crippen LogP contribution in [-0.2, 0) is 67.2 Å². The molecule has 82 heavy (non-hydrogen) atoms. The number of nitrogens with zero attached hydrogens (tertiary/aromatic N) is 3. The lowest BCUT2D eigenvalue weighted by Crippen LogP contribution is -2.61. The molecule has 1 aliphatic rings. The molecule has 442 valence electrons. The summed E-state index contributed by atoms with van der Waals surface area (Å²) in [6, 6.07) is 3.98. The number of aromatic amines is 2. The summed E-state index contributed by atoms with van der Waals surface area (Å²) in [6.45, 7) is 1.28. The number of hydrogen-bond acceptors (Lipinski definition) is 15. The van der Waals surface area contributed by atoms with Gasteiger partial charge in [0.25, 0.3) is 0 Å². The highest BCUT2D eigenvalue weighted by Gasteiger charge is 2.36. The van der Waals surface area contributed by atoms with Crippen molar-refractivity contribution in [2.45, 2.75) is 113 Å². The standard InChI is InChI=1S/C51H70N18O11S2/c1-27(70)62-33(13-7-17-58-50(53)54)43(74)69-40-25-82-81-24-39(42(52)73)68-47(78)37(20-29-22-60-32-12-6-5-11-31(29)32)66-44(75)34(14-8-18-59-51(55)56)63-46(77)36(19-28-9-3-2-4-10-28)65-48(79)38(21-30-23-57-26-61-30)67-45(76)35(64-49(40)80)15-16-41(71)72/h2-6,9-12,22-23,26,33-40,60H,7-8,13-21,24-25H2,1H3,(H2,52,73)(H,57,61)(H,62,70)(H,63,77)(H,64,80)(H,65,79)(H,66,75)(H,67,76)(H,68,78)(H,69,74)(H,71,72)(H4,53,54,58)(H4,55,56,59)/t33-,34+,35+,36-,37+,38+,39+,40+/m1/s1. The molecule has 5 rings (SSSR count). The first-order chi connectivity index (χ1) is 39.2. The Kier molecular flexibility index (Phi) is 25.3. The first kappa shape index (κ1) is 64.0. The number of aromatic nitrogens is 3. The normalized spacial score (nSPS) is 21.2. The van der Waals surface area contributed by atoms with Gasteiger partial charge in [0.05, 0.1) is 6.33 Å². The number of benzene rings is 2. The average Bonchev–Trinajstić information content (AvgIpc) is 4.33. The topological polar surface area (TPSA) is 486 Å². The SMILES string of the molecule is CC(=O)N[C@H](CCCN=C(N)N)C(=O)N[C@H]1CSSC[C@@H](C(N)=O)NC(=O)[C@H](Cc2c[nH]c3ccccc23)NC(=O)[C@H](CCCN=C(N)N)NC(=O)[C@@H](Cc2ccccc2)NC(=O)[C@H](Cc2cnc[nH]2)NC(=O)[C@H](CCC(=O)O)NC1=O. The van der Waals surface area contributed by atoms with Crippen molar-refractivity contribution in [3.05, 3.63) is 90.1 Å². The first-order valence-electron chi connectivity index (χ1n) is 26.0. The van der Waals surface area contributed by atoms with Crippen LogP contribution in [-0.4, -0.2) is 164 Å². The molecule has 4 aromatic rings. The highest BCUT2D eigenvalue weighted by Crippen LogP contribution is 2.24. The molecular formula is C51H70N18O11S2. The predicted octanol–water partition coefficient (Wildman–Crippen LogP) is -3.33. The molecule has 0 saturated carbocycles. The van der Waals surface area contributed by atoms with Crippen LogP contribution in [0.1, 0.15) is 62.3 Å². The van der Waals surface area contributed by atoms with E-state index in [1.807, 2.05) is 6.07 Å². The fraction of sp³-hybridized carbons (Fsp3) is 0.431. The molecule has 0 spiro atoms. The number of amides is 9. The third-order valence-electron chi connectivity index (χ3n) is 12.6. The second-order valence-electron chi connectivity index (χ2n) is 19.0. The fourth-order valence-electron chi connectivity index (χ4n) is 8.46. The van der Waals surface area contributed by atoms with Gasteiger partial charge in [0, 0.05) is 86.2 Å². The van der Waals surface area contributed by atoms with E-state index in [4.69, 9.17) is 28.7 Å². The summed E-state index contributed by atoms with van der Waals surface area (Å²) in [4.78, 5) is 157. The Morgan fingerprint density at radius 1 is 0.671 bits per heavy atom. The fourth-order valence-corrected chi connectivity index (χ4v) is 10.8. The zero-order valence-electron chi connectivity index (χ0n) is 44.8. The Bertz CT molecular complexity index is 2920. The van der Waals surface area contributed by atoms with Gasteiger partial charge in [0.2, 0.25) is 53.2 Å². The highest BCUT2D eigenvalue weighted by atomic mass is 33.1. The van der Waals surface area contributed by atoms with Crippen LogP contribution in [0.2, 0.25) is 0 Å². The van der Waals surface area contributed by atoms with E-state index in [-0.39, 0.29) is 81.5 Å². The average molecular weight is 1180 g/mol. The number of H-pyrrole nitrogens is 2. The molecule has 29 nitrogen and oxygen atoms in total. The molecule has 2 aromatic carbocycles. The molecule has 0 radical (unpaired) electrons. The molecule has 31 heteroatoms. The first-order valence-corrected chi connectivity index (χ1v) is 28.5. The number of guanidine groups is 2. The Morgan fingerprint density at radius 2 is 1.23 bits per heavy atom. The van der Waals surface area contributed by atoms with Crippen molar-refractivity contribution in [2.24, 2.45) is 38.7 Å². The Morgan fingerprint density at radius 3 is 1.85 bits per heavy atom. The molecule has 21 N–H and O–H groups in total. The second kappa shape index (κ2) is 32.4. The molecule has 1 aliphatic heterocycles. The number of para-hydroxylation sites is 1. The number of fused-ring (bicyclic) bond motifs is 1. The van der Waals surface area contributed by atoms with Gasteiger partial charge in [0.1, 0.15) is 48.3 Å². The smallest absolute Gasteiger partial charge is 0.303 e. The zero-order chi connectivity index (χ0) is 59.7. The van der Waals surface area contributed by atoms with Gasteiger partial charge in [-0.25, -0.2) is 4.98 Å². The quantitative estimate of drug-likeness (QED) is 0.0168. The molecule has 0 bridgehead atoms. The summed E-state index contributed by atoms with van der Waals surface area (Å²) in [5, 5.41) is 31.5. The second-order valence-corrected chi connectivity index (χ2v) is 21.6. The van der Waals surface area contributed by atoms with Crippen molar-refractivity contribution in [1.82, 2.24) is 57.5 Å². The van der Waals surface area contributed by atoms with Crippen LogP contribution in [0.3, 0.4) is 0 Å². The number of imidazole rings is 1. The number of carbonyl (C=O) groups excluding carboxylic acids is 9. The molecule has 0 unspecified atom stereocenters. The molecule has 0 aliphatic carbocycles. The number of carbonyl (C=O) groups is 10. The number of aliphatic carboxylic acids is 1. The van der Waals surface area contributed by atoms with E-state index in [9.17, 15) is 53.1 Å². The third kappa shape index (κ3) is 21.3. The van der Waals surface area contributed by atoms with Crippen molar-refractivity contribution in [3.63, 3.8) is 0 Å². The minimum absolute atomic E-state index is 0.00244. The minimum atomic E-state index is -1.68. The van der Waals surface area contributed by atoms with Crippen molar-refractivity contribution >= 4 is 104 Å². The molecule has 2 aromatic heterocycles. The third-order valence-corrected chi connectivity index (χ3v) is 15.0. The van der Waals surface area contributed by atoms with Crippen LogP contribution in [0.5, 0.6) is 0 Å². The maximum absolute atomic E-state index is 14.7. The maximum Gasteiger partial charge on any atom is 0.303 e. The van der Waals surface area contributed by atoms with E-state index in [0.29, 0.717) is 22.2 Å². The molecule has 3 heterocycles. The van der Waals surface area contributed by atoms with Crippen molar-refractivity contribution in [2.75, 3.05) is 24.6 Å². The van der Waals surface area contributed by atoms with Crippen molar-refractivity contribution in [1.29, 1.82) is 0 Å². The summed E-state index contributed by atoms with van der Waals surface area (Å²) in [5.74, 6) is -10.3. The molecule has 1 fully saturated rings. The van der Waals surface area contributed by atoms with Gasteiger partial charge in [0.15, 0.2) is 11.9 Å². The van der Waals surface area contributed by atoms with Crippen LogP contribution < -0.4 is 71.2 Å². The van der Waals surface area contributed by atoms with Gasteiger partial charge in [-0.3, -0.25) is 57.9 Å². The van der Waals surface area contributed by atoms with E-state index in [1.54, 1.807) is 54.7 Å². The van der Waals surface area contributed by atoms with Crippen molar-refractivity contribution < 1.29 is 53.1 Å². The van der Waals surface area contributed by atoms with Crippen LogP contribution in [0.15, 0.2) is 83.3 Å². The van der Waals surface area contributed by atoms with Gasteiger partial charge in [-0.15, -0.1) is 0 Å². The minimum Gasteiger partial charge on any atom is -0.481 e. The zero-order valence-corrected chi connectivity index (χ0v) is 46.4. The van der Waals surface area contributed by atoms with Crippen LogP contribution >= 0.6 is 21.6 Å². The lowest BCUT2D eigenvalue weighted by Gasteiger charge is -2.28. The number of nitrogens with two attached hydrogens (primary N) is 5. The number of aliphatic imine (C=N–C) groups is 2. The monoisotopic (exact) mass is 1170 g/mol. The summed E-state index contributed by atoms with van der Waals surface area (Å²) in [5.41, 5.74) is 30.1. The van der Waals surface area contributed by atoms with Gasteiger partial charge in [-0.05, 0) is 49.3 Å². The van der Waals surface area contributed by atoms with Crippen molar-refractivity contribution in [3.8, 4) is 0 Å². The number of nitrogens with one attached hydrogen (secondary N) is 10. The molecule has 1 saturated heterocycles. The summed E-state index contributed by atoms with van der Waals surface area (Å²) in [6.07, 6.45) is 2.81. The van der Waals surface area contributed by atoms with E-state index in [1.165, 1.54) is 19.4 Å². The predicted molar refractivity (Wildman–Crippen MR) is 306 cm³/mol. The number of rotatable bonds is 21. The molecular weight excluding hydrogens is 1100 g/mol. The maximum atomic E-state index is 14.7. The van der Waals surface area contributed by atoms with Gasteiger partial charge in [-0.2, -0.15) is 0 Å². The van der Waals surface area contributed by atoms with E-state index >= 15 is 0 Å². The lowest BCUT2D eigenvalue weighted by atomic mass is 10.0. The summed E-state index contributed by atoms with van der Waals surface area (Å²) in [7, 11) is 1.88. The van der Waals surface area contributed by atoms with E-state index < -0.39 is 120 Å². The number of carboxylic acid groups (broad SMARTS) is 1. The Balaban J connectivity index is 1.60. The van der Waals surface area contributed by atoms with E-state index in [2.05, 4.69) is 67.5 Å². The van der Waals surface area contributed by atoms with E-state index in [0.717, 1.165) is 27.1 Å². The molecule has 9 amide bonds. The van der Waals surface area contributed by atoms with Crippen LogP contribution in [0, 0.1) is 0 Å². The van der Waals surface area contributed by atoms with Gasteiger partial charge < -0.3 is 86.3 Å². The number of hydrogen-bond donors (Lipinski definition) is 16. The van der Waals surface area contributed by atoms with Crippen LogP contribution in [0.4, 0.5) is 0 Å². The molecule has 8 atom stereocenters. The lowest BCUT2D eigenvalue weighted by molar-refractivity contribution is -0.138. The largest absolute Gasteiger partial charge is 0.481 e. The number of carboxylic acids is 1. The van der Waals surface area contributed by atoms with Crippen LogP contribution in [0.25, 0.3) is 10.9 Å². The summed E-state index contributed by atoms with van der Waals surface area (Å²) < 4.78 is 0. The van der Waals surface area contributed by atoms with Gasteiger partial charge >= 0.3 is 5.97 Å². The Hall–Kier alpha value is -8.87. The highest BCUT2D eigenvalue weighted by molar-refractivity contribution is 8.76. The summed E-state index contributed by atoms with van der Waals surface area (Å²) >= 11 is 0.